The Labute approximate surface area is 145 Å². The van der Waals surface area contributed by atoms with Crippen LogP contribution in [0.5, 0.6) is 5.75 Å². The van der Waals surface area contributed by atoms with Crippen molar-refractivity contribution >= 4 is 29.1 Å². The lowest BCUT2D eigenvalue weighted by molar-refractivity contribution is -0.116. The molecule has 1 aliphatic rings. The first-order valence-corrected chi connectivity index (χ1v) is 8.09. The Bertz CT molecular complexity index is 777. The fourth-order valence-corrected chi connectivity index (χ4v) is 2.69. The summed E-state index contributed by atoms with van der Waals surface area (Å²) in [6, 6.07) is 12.6. The zero-order chi connectivity index (χ0) is 16.9. The number of carbonyl (C=O) groups is 2. The maximum absolute atomic E-state index is 12.3. The molecular formula is C18H17ClN2O3. The lowest BCUT2D eigenvalue weighted by Gasteiger charge is -2.10. The van der Waals surface area contributed by atoms with Gasteiger partial charge in [0.1, 0.15) is 5.75 Å². The molecule has 24 heavy (non-hydrogen) atoms. The molecule has 0 aliphatic carbocycles. The molecule has 5 nitrogen and oxygen atoms in total. The number of nitrogens with one attached hydrogen (secondary N) is 2. The van der Waals surface area contributed by atoms with E-state index >= 15 is 0 Å². The minimum atomic E-state index is -0.196. The van der Waals surface area contributed by atoms with E-state index in [1.807, 2.05) is 24.3 Å². The molecule has 2 aromatic carbocycles. The van der Waals surface area contributed by atoms with Crippen LogP contribution in [0.3, 0.4) is 0 Å². The van der Waals surface area contributed by atoms with Crippen molar-refractivity contribution in [3.05, 3.63) is 58.6 Å². The predicted octanol–water partition coefficient (Wildman–Crippen LogP) is 3.03. The molecule has 2 amide bonds. The topological polar surface area (TPSA) is 67.4 Å². The Kier molecular flexibility index (Phi) is 5.01. The van der Waals surface area contributed by atoms with Crippen LogP contribution in [-0.2, 0) is 11.2 Å². The number of anilines is 1. The van der Waals surface area contributed by atoms with E-state index in [4.69, 9.17) is 16.3 Å². The Hall–Kier alpha value is -2.53. The quantitative estimate of drug-likeness (QED) is 0.895. The molecule has 0 spiro atoms. The number of hydrogen-bond acceptors (Lipinski definition) is 3. The Morgan fingerprint density at radius 1 is 1.25 bits per heavy atom. The Morgan fingerprint density at radius 3 is 2.96 bits per heavy atom. The third-order valence-electron chi connectivity index (χ3n) is 3.69. The van der Waals surface area contributed by atoms with Gasteiger partial charge in [0.05, 0.1) is 18.7 Å². The number of rotatable bonds is 4. The highest BCUT2D eigenvalue weighted by molar-refractivity contribution is 6.30. The van der Waals surface area contributed by atoms with Crippen molar-refractivity contribution in [2.75, 3.05) is 18.5 Å². The summed E-state index contributed by atoms with van der Waals surface area (Å²) < 4.78 is 5.48. The largest absolute Gasteiger partial charge is 0.491 e. The van der Waals surface area contributed by atoms with Crippen LogP contribution in [0.15, 0.2) is 42.5 Å². The highest BCUT2D eigenvalue weighted by Gasteiger charge is 2.16. The molecule has 6 heteroatoms. The van der Waals surface area contributed by atoms with Crippen LogP contribution in [-0.4, -0.2) is 25.0 Å². The summed E-state index contributed by atoms with van der Waals surface area (Å²) >= 11 is 5.94. The fourth-order valence-electron chi connectivity index (χ4n) is 2.48. The van der Waals surface area contributed by atoms with E-state index in [-0.39, 0.29) is 11.8 Å². The number of halogens is 1. The number of carbonyl (C=O) groups excluding carboxylic acids is 2. The molecule has 1 aliphatic heterocycles. The SMILES string of the molecule is O=C1CCOc2ccc(C(=O)NCCc3cccc(Cl)c3)cc2N1. The van der Waals surface area contributed by atoms with Gasteiger partial charge in [-0.25, -0.2) is 0 Å². The van der Waals surface area contributed by atoms with Crippen LogP contribution < -0.4 is 15.4 Å². The maximum Gasteiger partial charge on any atom is 0.251 e. The molecule has 0 bridgehead atoms. The van der Waals surface area contributed by atoms with Crippen molar-refractivity contribution in [3.8, 4) is 5.75 Å². The molecule has 0 fully saturated rings. The van der Waals surface area contributed by atoms with Crippen LogP contribution in [0.4, 0.5) is 5.69 Å². The minimum Gasteiger partial charge on any atom is -0.491 e. The summed E-state index contributed by atoms with van der Waals surface area (Å²) in [5.41, 5.74) is 2.07. The highest BCUT2D eigenvalue weighted by Crippen LogP contribution is 2.28. The van der Waals surface area contributed by atoms with E-state index < -0.39 is 0 Å². The first kappa shape index (κ1) is 16.3. The number of amides is 2. The molecule has 0 saturated heterocycles. The van der Waals surface area contributed by atoms with Gasteiger partial charge in [0.25, 0.3) is 5.91 Å². The first-order chi connectivity index (χ1) is 11.6. The molecule has 2 N–H and O–H groups in total. The van der Waals surface area contributed by atoms with Gasteiger partial charge in [-0.1, -0.05) is 23.7 Å². The summed E-state index contributed by atoms with van der Waals surface area (Å²) in [5, 5.41) is 6.29. The molecule has 2 aromatic rings. The molecular weight excluding hydrogens is 328 g/mol. The molecule has 1 heterocycles. The average Bonchev–Trinajstić information content (AvgIpc) is 2.74. The van der Waals surface area contributed by atoms with Gasteiger partial charge in [-0.2, -0.15) is 0 Å². The van der Waals surface area contributed by atoms with Crippen molar-refractivity contribution in [3.63, 3.8) is 0 Å². The van der Waals surface area contributed by atoms with Crippen molar-refractivity contribution in [1.29, 1.82) is 0 Å². The molecule has 0 saturated carbocycles. The molecule has 0 radical (unpaired) electrons. The smallest absolute Gasteiger partial charge is 0.251 e. The van der Waals surface area contributed by atoms with E-state index in [1.165, 1.54) is 0 Å². The summed E-state index contributed by atoms with van der Waals surface area (Å²) in [5.74, 6) is 0.266. The van der Waals surface area contributed by atoms with E-state index in [1.54, 1.807) is 18.2 Å². The summed E-state index contributed by atoms with van der Waals surface area (Å²) in [6.45, 7) is 0.836. The second-order valence-corrected chi connectivity index (χ2v) is 5.93. The Balaban J connectivity index is 1.62. The average molecular weight is 345 g/mol. The molecule has 0 atom stereocenters. The molecule has 0 unspecified atom stereocenters. The minimum absolute atomic E-state index is 0.118. The monoisotopic (exact) mass is 344 g/mol. The van der Waals surface area contributed by atoms with Gasteiger partial charge in [0.2, 0.25) is 5.91 Å². The second-order valence-electron chi connectivity index (χ2n) is 5.49. The van der Waals surface area contributed by atoms with E-state index in [9.17, 15) is 9.59 Å². The summed E-state index contributed by atoms with van der Waals surface area (Å²) in [7, 11) is 0. The normalized spacial score (nSPS) is 13.3. The third-order valence-corrected chi connectivity index (χ3v) is 3.93. The first-order valence-electron chi connectivity index (χ1n) is 7.71. The zero-order valence-corrected chi connectivity index (χ0v) is 13.7. The van der Waals surface area contributed by atoms with Crippen LogP contribution in [0.25, 0.3) is 0 Å². The lowest BCUT2D eigenvalue weighted by Crippen LogP contribution is -2.25. The van der Waals surface area contributed by atoms with Gasteiger partial charge >= 0.3 is 0 Å². The van der Waals surface area contributed by atoms with Gasteiger partial charge in [-0.15, -0.1) is 0 Å². The number of hydrogen-bond donors (Lipinski definition) is 2. The van der Waals surface area contributed by atoms with Crippen LogP contribution in [0.1, 0.15) is 22.3 Å². The molecule has 0 aromatic heterocycles. The second kappa shape index (κ2) is 7.36. The predicted molar refractivity (Wildman–Crippen MR) is 92.7 cm³/mol. The number of ether oxygens (including phenoxy) is 1. The van der Waals surface area contributed by atoms with Gasteiger partial charge in [0, 0.05) is 17.1 Å². The van der Waals surface area contributed by atoms with Gasteiger partial charge < -0.3 is 15.4 Å². The van der Waals surface area contributed by atoms with E-state index in [0.717, 1.165) is 5.56 Å². The van der Waals surface area contributed by atoms with Gasteiger partial charge in [-0.3, -0.25) is 9.59 Å². The van der Waals surface area contributed by atoms with Crippen molar-refractivity contribution in [1.82, 2.24) is 5.32 Å². The van der Waals surface area contributed by atoms with Crippen molar-refractivity contribution < 1.29 is 14.3 Å². The third kappa shape index (κ3) is 4.06. The maximum atomic E-state index is 12.3. The Morgan fingerprint density at radius 2 is 2.12 bits per heavy atom. The van der Waals surface area contributed by atoms with Crippen LogP contribution in [0, 0.1) is 0 Å². The van der Waals surface area contributed by atoms with E-state index in [2.05, 4.69) is 10.6 Å². The van der Waals surface area contributed by atoms with Crippen molar-refractivity contribution in [2.45, 2.75) is 12.8 Å². The van der Waals surface area contributed by atoms with Gasteiger partial charge in [0.15, 0.2) is 0 Å². The molecule has 124 valence electrons. The van der Waals surface area contributed by atoms with E-state index in [0.29, 0.717) is 48.0 Å². The molecule has 3 rings (SSSR count). The summed E-state index contributed by atoms with van der Waals surface area (Å²) in [4.78, 5) is 23.8. The van der Waals surface area contributed by atoms with Crippen LogP contribution >= 0.6 is 11.6 Å². The fraction of sp³-hybridized carbons (Fsp3) is 0.222. The number of benzene rings is 2. The van der Waals surface area contributed by atoms with Crippen LogP contribution in [0.2, 0.25) is 5.02 Å². The van der Waals surface area contributed by atoms with Crippen molar-refractivity contribution in [2.24, 2.45) is 0 Å². The standard InChI is InChI=1S/C18H17ClN2O3/c19-14-3-1-2-12(10-14)6-8-20-18(23)13-4-5-16-15(11-13)21-17(22)7-9-24-16/h1-5,10-11H,6-9H2,(H,20,23)(H,21,22). The lowest BCUT2D eigenvalue weighted by atomic mass is 10.1. The number of fused-ring (bicyclic) bond motifs is 1. The zero-order valence-electron chi connectivity index (χ0n) is 13.0. The van der Waals surface area contributed by atoms with Gasteiger partial charge in [-0.05, 0) is 42.3 Å². The summed E-state index contributed by atoms with van der Waals surface area (Å²) in [6.07, 6.45) is 0.993. The highest BCUT2D eigenvalue weighted by atomic mass is 35.5.